The summed E-state index contributed by atoms with van der Waals surface area (Å²) in [5.41, 5.74) is 4.82. The van der Waals surface area contributed by atoms with Crippen molar-refractivity contribution < 1.29 is 4.79 Å². The molecule has 0 aromatic heterocycles. The van der Waals surface area contributed by atoms with Gasteiger partial charge in [-0.05, 0) is 42.5 Å². The summed E-state index contributed by atoms with van der Waals surface area (Å²) in [7, 11) is 0. The Labute approximate surface area is 138 Å². The maximum absolute atomic E-state index is 12.3. The first-order valence-corrected chi connectivity index (χ1v) is 8.48. The number of hydrogen-bond donors (Lipinski definition) is 1. The van der Waals surface area contributed by atoms with Crippen molar-refractivity contribution in [1.29, 1.82) is 0 Å². The van der Waals surface area contributed by atoms with Crippen molar-refractivity contribution in [3.05, 3.63) is 59.7 Å². The van der Waals surface area contributed by atoms with Crippen LogP contribution in [0.25, 0.3) is 0 Å². The van der Waals surface area contributed by atoms with E-state index in [1.165, 1.54) is 16.8 Å². The lowest BCUT2D eigenvalue weighted by Crippen LogP contribution is -2.32. The summed E-state index contributed by atoms with van der Waals surface area (Å²) in [4.78, 5) is 14.6. The quantitative estimate of drug-likeness (QED) is 0.904. The van der Waals surface area contributed by atoms with Gasteiger partial charge in [-0.1, -0.05) is 43.3 Å². The molecule has 1 amide bonds. The molecule has 1 aliphatic rings. The minimum Gasteiger partial charge on any atom is -0.371 e. The predicted octanol–water partition coefficient (Wildman–Crippen LogP) is 4.03. The van der Waals surface area contributed by atoms with Gasteiger partial charge in [-0.25, -0.2) is 0 Å². The maximum atomic E-state index is 12.3. The first-order chi connectivity index (χ1) is 11.3. The highest BCUT2D eigenvalue weighted by atomic mass is 16.1. The van der Waals surface area contributed by atoms with Gasteiger partial charge in [-0.3, -0.25) is 4.79 Å². The molecule has 3 heteroatoms. The summed E-state index contributed by atoms with van der Waals surface area (Å²) in [6.07, 6.45) is 3.75. The van der Waals surface area contributed by atoms with Gasteiger partial charge in [0.1, 0.15) is 0 Å². The van der Waals surface area contributed by atoms with Gasteiger partial charge < -0.3 is 10.2 Å². The fourth-order valence-electron chi connectivity index (χ4n) is 3.24. The van der Waals surface area contributed by atoms with Crippen LogP contribution in [0.2, 0.25) is 0 Å². The third-order valence-electron chi connectivity index (χ3n) is 4.49. The average molecular weight is 308 g/mol. The summed E-state index contributed by atoms with van der Waals surface area (Å²) in [6.45, 7) is 3.92. The van der Waals surface area contributed by atoms with E-state index < -0.39 is 0 Å². The fraction of sp³-hybridized carbons (Fsp3) is 0.350. The third kappa shape index (κ3) is 3.73. The van der Waals surface area contributed by atoms with Gasteiger partial charge in [0, 0.05) is 30.9 Å². The Hall–Kier alpha value is -2.29. The highest BCUT2D eigenvalue weighted by molar-refractivity contribution is 5.91. The van der Waals surface area contributed by atoms with Crippen LogP contribution in [0.5, 0.6) is 0 Å². The molecule has 1 aliphatic heterocycles. The van der Waals surface area contributed by atoms with Crippen LogP contribution in [0.4, 0.5) is 11.4 Å². The van der Waals surface area contributed by atoms with Gasteiger partial charge in [0.2, 0.25) is 5.91 Å². The second-order valence-corrected chi connectivity index (χ2v) is 6.03. The SMILES string of the molecule is CCc1ccccc1NC(=O)CCN1CCCc2ccccc21. The molecular weight excluding hydrogens is 284 g/mol. The van der Waals surface area contributed by atoms with E-state index in [-0.39, 0.29) is 5.91 Å². The van der Waals surface area contributed by atoms with E-state index in [2.05, 4.69) is 47.5 Å². The Bertz CT molecular complexity index is 681. The number of aryl methyl sites for hydroxylation is 2. The highest BCUT2D eigenvalue weighted by Crippen LogP contribution is 2.26. The molecule has 0 saturated carbocycles. The number of rotatable bonds is 5. The summed E-state index contributed by atoms with van der Waals surface area (Å²) in [6, 6.07) is 16.6. The zero-order valence-electron chi connectivity index (χ0n) is 13.7. The Kier molecular flexibility index (Phi) is 4.96. The number of anilines is 2. The van der Waals surface area contributed by atoms with Crippen molar-refractivity contribution in [2.45, 2.75) is 32.6 Å². The molecule has 3 nitrogen and oxygen atoms in total. The van der Waals surface area contributed by atoms with Crippen molar-refractivity contribution in [3.63, 3.8) is 0 Å². The number of benzene rings is 2. The van der Waals surface area contributed by atoms with Crippen LogP contribution in [-0.2, 0) is 17.6 Å². The molecule has 1 heterocycles. The van der Waals surface area contributed by atoms with Gasteiger partial charge in [-0.15, -0.1) is 0 Å². The minimum absolute atomic E-state index is 0.0916. The summed E-state index contributed by atoms with van der Waals surface area (Å²) in [5.74, 6) is 0.0916. The molecule has 0 unspecified atom stereocenters. The van der Waals surface area contributed by atoms with Gasteiger partial charge >= 0.3 is 0 Å². The van der Waals surface area contributed by atoms with Gasteiger partial charge in [0.15, 0.2) is 0 Å². The zero-order chi connectivity index (χ0) is 16.1. The van der Waals surface area contributed by atoms with E-state index >= 15 is 0 Å². The minimum atomic E-state index is 0.0916. The van der Waals surface area contributed by atoms with E-state index in [9.17, 15) is 4.79 Å². The van der Waals surface area contributed by atoms with Crippen molar-refractivity contribution in [1.82, 2.24) is 0 Å². The number of carbonyl (C=O) groups is 1. The molecular formula is C20H24N2O. The molecule has 0 saturated heterocycles. The number of fused-ring (bicyclic) bond motifs is 1. The molecule has 2 aromatic rings. The number of nitrogens with zero attached hydrogens (tertiary/aromatic N) is 1. The van der Waals surface area contributed by atoms with E-state index in [0.717, 1.165) is 38.0 Å². The summed E-state index contributed by atoms with van der Waals surface area (Å²) in [5, 5.41) is 3.06. The van der Waals surface area contributed by atoms with E-state index in [0.29, 0.717) is 6.42 Å². The Morgan fingerprint density at radius 3 is 2.78 bits per heavy atom. The van der Waals surface area contributed by atoms with E-state index in [1.807, 2.05) is 18.2 Å². The molecule has 1 N–H and O–H groups in total. The predicted molar refractivity (Wildman–Crippen MR) is 96.0 cm³/mol. The summed E-state index contributed by atoms with van der Waals surface area (Å²) >= 11 is 0. The van der Waals surface area contributed by atoms with Crippen LogP contribution in [0.1, 0.15) is 30.9 Å². The normalized spacial score (nSPS) is 13.5. The average Bonchev–Trinajstić information content (AvgIpc) is 2.60. The van der Waals surface area contributed by atoms with Crippen molar-refractivity contribution >= 4 is 17.3 Å². The lowest BCUT2D eigenvalue weighted by Gasteiger charge is -2.31. The second kappa shape index (κ2) is 7.32. The molecule has 0 spiro atoms. The summed E-state index contributed by atoms with van der Waals surface area (Å²) < 4.78 is 0. The number of para-hydroxylation sites is 2. The third-order valence-corrected chi connectivity index (χ3v) is 4.49. The lowest BCUT2D eigenvalue weighted by atomic mass is 10.0. The molecule has 2 aromatic carbocycles. The van der Waals surface area contributed by atoms with Gasteiger partial charge in [0.05, 0.1) is 0 Å². The van der Waals surface area contributed by atoms with Crippen LogP contribution in [0.15, 0.2) is 48.5 Å². The molecule has 0 radical (unpaired) electrons. The highest BCUT2D eigenvalue weighted by Gasteiger charge is 2.17. The largest absolute Gasteiger partial charge is 0.371 e. The van der Waals surface area contributed by atoms with E-state index in [4.69, 9.17) is 0 Å². The number of carbonyl (C=O) groups excluding carboxylic acids is 1. The molecule has 0 atom stereocenters. The Morgan fingerprint density at radius 2 is 1.91 bits per heavy atom. The van der Waals surface area contributed by atoms with Crippen molar-refractivity contribution in [3.8, 4) is 0 Å². The smallest absolute Gasteiger partial charge is 0.226 e. The molecule has 0 aliphatic carbocycles. The van der Waals surface area contributed by atoms with Crippen LogP contribution in [-0.4, -0.2) is 19.0 Å². The molecule has 23 heavy (non-hydrogen) atoms. The van der Waals surface area contributed by atoms with Crippen LogP contribution in [0, 0.1) is 0 Å². The van der Waals surface area contributed by atoms with Crippen LogP contribution < -0.4 is 10.2 Å². The molecule has 120 valence electrons. The molecule has 0 bridgehead atoms. The maximum Gasteiger partial charge on any atom is 0.226 e. The first-order valence-electron chi connectivity index (χ1n) is 8.48. The topological polar surface area (TPSA) is 32.3 Å². The number of nitrogens with one attached hydrogen (secondary N) is 1. The standard InChI is InChI=1S/C20H24N2O/c1-2-16-8-3-5-11-18(16)21-20(23)13-15-22-14-7-10-17-9-4-6-12-19(17)22/h3-6,8-9,11-12H,2,7,10,13-15H2,1H3,(H,21,23). The monoisotopic (exact) mass is 308 g/mol. The zero-order valence-corrected chi connectivity index (χ0v) is 13.7. The number of hydrogen-bond acceptors (Lipinski definition) is 2. The lowest BCUT2D eigenvalue weighted by molar-refractivity contribution is -0.116. The Balaban J connectivity index is 1.60. The molecule has 0 fully saturated rings. The van der Waals surface area contributed by atoms with Gasteiger partial charge in [-0.2, -0.15) is 0 Å². The van der Waals surface area contributed by atoms with Gasteiger partial charge in [0.25, 0.3) is 0 Å². The second-order valence-electron chi connectivity index (χ2n) is 6.03. The van der Waals surface area contributed by atoms with E-state index in [1.54, 1.807) is 0 Å². The fourth-order valence-corrected chi connectivity index (χ4v) is 3.24. The Morgan fingerprint density at radius 1 is 1.13 bits per heavy atom. The number of amides is 1. The first kappa shape index (κ1) is 15.6. The molecule has 3 rings (SSSR count). The van der Waals surface area contributed by atoms with Crippen molar-refractivity contribution in [2.75, 3.05) is 23.3 Å². The van der Waals surface area contributed by atoms with Crippen LogP contribution in [0.3, 0.4) is 0 Å². The van der Waals surface area contributed by atoms with Crippen molar-refractivity contribution in [2.24, 2.45) is 0 Å². The van der Waals surface area contributed by atoms with Crippen LogP contribution >= 0.6 is 0 Å².